The van der Waals surface area contributed by atoms with Crippen LogP contribution in [0.15, 0.2) is 0 Å². The van der Waals surface area contributed by atoms with E-state index in [1.54, 1.807) is 0 Å². The topological polar surface area (TPSA) is 83.6 Å². The Hall–Kier alpha value is -1.46. The molecule has 1 amide bonds. The summed E-state index contributed by atoms with van der Waals surface area (Å²) in [6.45, 7) is 1.87. The van der Waals surface area contributed by atoms with E-state index in [9.17, 15) is 4.79 Å². The van der Waals surface area contributed by atoms with Crippen LogP contribution in [0, 0.1) is 5.92 Å². The fourth-order valence-electron chi connectivity index (χ4n) is 2.29. The number of nitrogens with one attached hydrogen (secondary N) is 2. The lowest BCUT2D eigenvalue weighted by Crippen LogP contribution is -2.33. The fourth-order valence-corrected chi connectivity index (χ4v) is 2.29. The van der Waals surface area contributed by atoms with Gasteiger partial charge in [0.2, 0.25) is 5.91 Å². The Bertz CT molecular complexity index is 343. The Morgan fingerprint density at radius 3 is 2.65 bits per heavy atom. The van der Waals surface area contributed by atoms with E-state index in [4.69, 9.17) is 0 Å². The number of carbonyl (C=O) groups is 1. The number of aromatic nitrogens is 4. The van der Waals surface area contributed by atoms with Crippen LogP contribution in [-0.2, 0) is 4.79 Å². The molecule has 0 bridgehead atoms. The van der Waals surface area contributed by atoms with Gasteiger partial charge in [-0.1, -0.05) is 30.9 Å². The summed E-state index contributed by atoms with van der Waals surface area (Å²) in [6, 6.07) is -0.176. The van der Waals surface area contributed by atoms with Crippen LogP contribution in [-0.4, -0.2) is 26.5 Å². The second kappa shape index (κ2) is 5.75. The maximum atomic E-state index is 12.1. The summed E-state index contributed by atoms with van der Waals surface area (Å²) in [5.41, 5.74) is 0. The predicted octanol–water partition coefficient (Wildman–Crippen LogP) is 1.35. The molecule has 1 aliphatic rings. The van der Waals surface area contributed by atoms with Crippen LogP contribution < -0.4 is 5.32 Å². The van der Waals surface area contributed by atoms with Gasteiger partial charge < -0.3 is 5.32 Å². The Morgan fingerprint density at radius 2 is 2.06 bits per heavy atom. The first-order valence-electron chi connectivity index (χ1n) is 6.31. The summed E-state index contributed by atoms with van der Waals surface area (Å²) in [5.74, 6) is 0.822. The molecule has 1 fully saturated rings. The zero-order chi connectivity index (χ0) is 12.1. The summed E-state index contributed by atoms with van der Waals surface area (Å²) in [7, 11) is 0. The van der Waals surface area contributed by atoms with Gasteiger partial charge in [-0.2, -0.15) is 5.21 Å². The van der Waals surface area contributed by atoms with Gasteiger partial charge in [0.1, 0.15) is 0 Å². The highest BCUT2D eigenvalue weighted by molar-refractivity contribution is 5.78. The first-order chi connectivity index (χ1) is 8.27. The molecule has 6 nitrogen and oxygen atoms in total. The van der Waals surface area contributed by atoms with Gasteiger partial charge in [0.05, 0.1) is 6.04 Å². The zero-order valence-corrected chi connectivity index (χ0v) is 10.1. The molecule has 0 spiro atoms. The third-order valence-electron chi connectivity index (χ3n) is 3.33. The molecule has 0 saturated heterocycles. The fraction of sp³-hybridized carbons (Fsp3) is 0.818. The van der Waals surface area contributed by atoms with E-state index < -0.39 is 0 Å². The predicted molar refractivity (Wildman–Crippen MR) is 61.9 cm³/mol. The molecule has 17 heavy (non-hydrogen) atoms. The number of aromatic amines is 1. The minimum Gasteiger partial charge on any atom is -0.346 e. The molecule has 1 saturated carbocycles. The van der Waals surface area contributed by atoms with Crippen molar-refractivity contribution in [3.8, 4) is 0 Å². The van der Waals surface area contributed by atoms with Gasteiger partial charge in [0.15, 0.2) is 5.82 Å². The maximum Gasteiger partial charge on any atom is 0.223 e. The minimum atomic E-state index is -0.176. The van der Waals surface area contributed by atoms with Crippen molar-refractivity contribution >= 4 is 5.91 Å². The number of hydrogen-bond donors (Lipinski definition) is 2. The molecule has 2 rings (SSSR count). The van der Waals surface area contributed by atoms with Crippen LogP contribution in [0.25, 0.3) is 0 Å². The minimum absolute atomic E-state index is 0.129. The van der Waals surface area contributed by atoms with Gasteiger partial charge in [0, 0.05) is 5.92 Å². The molecule has 1 atom stereocenters. The average molecular weight is 237 g/mol. The molecule has 1 aromatic rings. The molecular weight excluding hydrogens is 218 g/mol. The van der Waals surface area contributed by atoms with Crippen LogP contribution >= 0.6 is 0 Å². The third-order valence-corrected chi connectivity index (χ3v) is 3.33. The standard InChI is InChI=1S/C11H19N5O/c1-8(10-13-15-16-14-10)12-11(17)9-6-4-2-3-5-7-9/h8-9H,2-7H2,1H3,(H,12,17)(H,13,14,15,16). The number of rotatable bonds is 3. The van der Waals surface area contributed by atoms with E-state index in [-0.39, 0.29) is 17.9 Å². The van der Waals surface area contributed by atoms with Gasteiger partial charge in [0.25, 0.3) is 0 Å². The van der Waals surface area contributed by atoms with Crippen LogP contribution in [0.4, 0.5) is 0 Å². The lowest BCUT2D eigenvalue weighted by atomic mass is 9.99. The van der Waals surface area contributed by atoms with Crippen molar-refractivity contribution in [2.45, 2.75) is 51.5 Å². The van der Waals surface area contributed by atoms with Crippen molar-refractivity contribution < 1.29 is 4.79 Å². The summed E-state index contributed by atoms with van der Waals surface area (Å²) in [4.78, 5) is 12.1. The first-order valence-corrected chi connectivity index (χ1v) is 6.31. The van der Waals surface area contributed by atoms with Crippen LogP contribution in [0.3, 0.4) is 0 Å². The van der Waals surface area contributed by atoms with E-state index in [2.05, 4.69) is 25.9 Å². The SMILES string of the molecule is CC(NC(=O)C1CCCCCC1)c1nn[nH]n1. The van der Waals surface area contributed by atoms with E-state index in [1.165, 1.54) is 12.8 Å². The lowest BCUT2D eigenvalue weighted by molar-refractivity contribution is -0.126. The molecule has 0 aliphatic heterocycles. The van der Waals surface area contributed by atoms with Crippen molar-refractivity contribution in [2.24, 2.45) is 5.92 Å². The average Bonchev–Trinajstić information content (AvgIpc) is 2.71. The van der Waals surface area contributed by atoms with Gasteiger partial charge in [-0.3, -0.25) is 4.79 Å². The Labute approximate surface area is 101 Å². The Balaban J connectivity index is 1.87. The van der Waals surface area contributed by atoms with Crippen molar-refractivity contribution in [3.05, 3.63) is 5.82 Å². The molecule has 2 N–H and O–H groups in total. The molecule has 1 aromatic heterocycles. The Morgan fingerprint density at radius 1 is 1.35 bits per heavy atom. The molecule has 94 valence electrons. The largest absolute Gasteiger partial charge is 0.346 e. The van der Waals surface area contributed by atoms with Crippen molar-refractivity contribution in [2.75, 3.05) is 0 Å². The quantitative estimate of drug-likeness (QED) is 0.777. The van der Waals surface area contributed by atoms with E-state index in [0.29, 0.717) is 5.82 Å². The zero-order valence-electron chi connectivity index (χ0n) is 10.1. The second-order valence-corrected chi connectivity index (χ2v) is 4.69. The van der Waals surface area contributed by atoms with Gasteiger partial charge in [-0.05, 0) is 19.8 Å². The third kappa shape index (κ3) is 3.25. The number of amides is 1. The van der Waals surface area contributed by atoms with Crippen molar-refractivity contribution in [1.82, 2.24) is 25.9 Å². The molecule has 1 unspecified atom stereocenters. The van der Waals surface area contributed by atoms with Gasteiger partial charge in [-0.15, -0.1) is 10.2 Å². The first kappa shape index (κ1) is 12.0. The van der Waals surface area contributed by atoms with E-state index in [0.717, 1.165) is 25.7 Å². The highest BCUT2D eigenvalue weighted by Crippen LogP contribution is 2.23. The number of nitrogens with zero attached hydrogens (tertiary/aromatic N) is 3. The summed E-state index contributed by atoms with van der Waals surface area (Å²) < 4.78 is 0. The number of tetrazole rings is 1. The highest BCUT2D eigenvalue weighted by atomic mass is 16.1. The smallest absolute Gasteiger partial charge is 0.223 e. The molecular formula is C11H19N5O. The van der Waals surface area contributed by atoms with E-state index in [1.807, 2.05) is 6.92 Å². The molecule has 1 heterocycles. The molecule has 0 radical (unpaired) electrons. The van der Waals surface area contributed by atoms with Gasteiger partial charge >= 0.3 is 0 Å². The lowest BCUT2D eigenvalue weighted by Gasteiger charge is -2.16. The summed E-state index contributed by atoms with van der Waals surface area (Å²) in [5, 5.41) is 16.6. The van der Waals surface area contributed by atoms with Crippen molar-refractivity contribution in [1.29, 1.82) is 0 Å². The van der Waals surface area contributed by atoms with E-state index >= 15 is 0 Å². The monoisotopic (exact) mass is 237 g/mol. The molecule has 1 aliphatic carbocycles. The number of H-pyrrole nitrogens is 1. The van der Waals surface area contributed by atoms with Crippen LogP contribution in [0.2, 0.25) is 0 Å². The van der Waals surface area contributed by atoms with Gasteiger partial charge in [-0.25, -0.2) is 0 Å². The number of hydrogen-bond acceptors (Lipinski definition) is 4. The maximum absolute atomic E-state index is 12.1. The molecule has 0 aromatic carbocycles. The van der Waals surface area contributed by atoms with Crippen molar-refractivity contribution in [3.63, 3.8) is 0 Å². The second-order valence-electron chi connectivity index (χ2n) is 4.69. The van der Waals surface area contributed by atoms with Crippen LogP contribution in [0.5, 0.6) is 0 Å². The van der Waals surface area contributed by atoms with Crippen LogP contribution in [0.1, 0.15) is 57.3 Å². The summed E-state index contributed by atoms with van der Waals surface area (Å²) in [6.07, 6.45) is 6.84. The number of carbonyl (C=O) groups excluding carboxylic acids is 1. The molecule has 6 heteroatoms. The summed E-state index contributed by atoms with van der Waals surface area (Å²) >= 11 is 0. The highest BCUT2D eigenvalue weighted by Gasteiger charge is 2.22. The normalized spacial score (nSPS) is 19.6. The Kier molecular flexibility index (Phi) is 4.06.